The molecule has 29 heavy (non-hydrogen) atoms. The minimum atomic E-state index is -0.411. The number of piperazine rings is 1. The second-order valence-corrected chi connectivity index (χ2v) is 8.16. The summed E-state index contributed by atoms with van der Waals surface area (Å²) in [7, 11) is 0. The second kappa shape index (κ2) is 8.39. The number of nitrogens with zero attached hydrogens (tertiary/aromatic N) is 3. The van der Waals surface area contributed by atoms with Gasteiger partial charge in [-0.1, -0.05) is 36.4 Å². The third-order valence-corrected chi connectivity index (χ3v) is 6.14. The first-order valence-corrected chi connectivity index (χ1v) is 10.4. The molecule has 150 valence electrons. The van der Waals surface area contributed by atoms with Crippen LogP contribution >= 0.6 is 11.8 Å². The zero-order valence-corrected chi connectivity index (χ0v) is 17.0. The maximum atomic E-state index is 13.9. The molecule has 0 unspecified atom stereocenters. The zero-order valence-electron chi connectivity index (χ0n) is 16.2. The van der Waals surface area contributed by atoms with Crippen LogP contribution in [0.3, 0.4) is 0 Å². The van der Waals surface area contributed by atoms with E-state index in [2.05, 4.69) is 28.9 Å². The van der Waals surface area contributed by atoms with Gasteiger partial charge in [0.25, 0.3) is 11.1 Å². The SMILES string of the molecule is Cc1ccccc1N1CCN(CN2C(=O)SC(=Cc3ccccc3F)C2=O)CC1. The van der Waals surface area contributed by atoms with Crippen molar-refractivity contribution in [2.45, 2.75) is 6.92 Å². The number of para-hydroxylation sites is 1. The number of anilines is 1. The Kier molecular flexibility index (Phi) is 5.69. The molecule has 0 atom stereocenters. The molecule has 0 spiro atoms. The fourth-order valence-corrected chi connectivity index (χ4v) is 4.43. The lowest BCUT2D eigenvalue weighted by Gasteiger charge is -2.37. The van der Waals surface area contributed by atoms with Crippen molar-refractivity contribution in [1.82, 2.24) is 9.80 Å². The van der Waals surface area contributed by atoms with Crippen molar-refractivity contribution in [1.29, 1.82) is 0 Å². The molecular weight excluding hydrogens is 389 g/mol. The van der Waals surface area contributed by atoms with Gasteiger partial charge in [-0.2, -0.15) is 0 Å². The number of amides is 2. The first kappa shape index (κ1) is 19.7. The minimum Gasteiger partial charge on any atom is -0.369 e. The summed E-state index contributed by atoms with van der Waals surface area (Å²) < 4.78 is 13.9. The highest BCUT2D eigenvalue weighted by atomic mass is 32.2. The Bertz CT molecular complexity index is 970. The fourth-order valence-electron chi connectivity index (χ4n) is 3.60. The van der Waals surface area contributed by atoms with Crippen LogP contribution in [0.5, 0.6) is 0 Å². The van der Waals surface area contributed by atoms with E-state index in [9.17, 15) is 14.0 Å². The largest absolute Gasteiger partial charge is 0.369 e. The summed E-state index contributed by atoms with van der Waals surface area (Å²) in [4.78, 5) is 31.0. The van der Waals surface area contributed by atoms with Crippen molar-refractivity contribution in [3.05, 3.63) is 70.4 Å². The predicted molar refractivity (Wildman–Crippen MR) is 114 cm³/mol. The van der Waals surface area contributed by atoms with Crippen LogP contribution in [0, 0.1) is 12.7 Å². The lowest BCUT2D eigenvalue weighted by atomic mass is 10.1. The van der Waals surface area contributed by atoms with Gasteiger partial charge < -0.3 is 4.90 Å². The van der Waals surface area contributed by atoms with Crippen LogP contribution in [0.15, 0.2) is 53.4 Å². The van der Waals surface area contributed by atoms with Crippen LogP contribution in [0.2, 0.25) is 0 Å². The highest BCUT2D eigenvalue weighted by Gasteiger charge is 2.36. The molecule has 7 heteroatoms. The van der Waals surface area contributed by atoms with E-state index < -0.39 is 5.82 Å². The van der Waals surface area contributed by atoms with Gasteiger partial charge in [0, 0.05) is 37.4 Å². The lowest BCUT2D eigenvalue weighted by Crippen LogP contribution is -2.51. The molecule has 2 aliphatic rings. The van der Waals surface area contributed by atoms with Crippen LogP contribution in [0.4, 0.5) is 14.9 Å². The number of halogens is 1. The van der Waals surface area contributed by atoms with Crippen molar-refractivity contribution >= 4 is 34.7 Å². The van der Waals surface area contributed by atoms with Crippen LogP contribution in [0.25, 0.3) is 6.08 Å². The normalized spacial score (nSPS) is 19.4. The van der Waals surface area contributed by atoms with E-state index >= 15 is 0 Å². The number of benzene rings is 2. The van der Waals surface area contributed by atoms with Gasteiger partial charge in [0.15, 0.2) is 0 Å². The molecule has 4 rings (SSSR count). The van der Waals surface area contributed by atoms with E-state index in [1.165, 1.54) is 28.3 Å². The van der Waals surface area contributed by atoms with E-state index in [-0.39, 0.29) is 22.7 Å². The molecule has 2 heterocycles. The van der Waals surface area contributed by atoms with Gasteiger partial charge in [-0.05, 0) is 42.5 Å². The minimum absolute atomic E-state index is 0.263. The molecular formula is C22H22FN3O2S. The number of carbonyl (C=O) groups excluding carboxylic acids is 2. The maximum Gasteiger partial charge on any atom is 0.294 e. The highest BCUT2D eigenvalue weighted by Crippen LogP contribution is 2.33. The van der Waals surface area contributed by atoms with Gasteiger partial charge in [-0.25, -0.2) is 4.39 Å². The van der Waals surface area contributed by atoms with Gasteiger partial charge in [0.1, 0.15) is 5.82 Å². The Hall–Kier alpha value is -2.64. The number of imide groups is 1. The smallest absolute Gasteiger partial charge is 0.294 e. The molecule has 0 aromatic heterocycles. The number of thioether (sulfide) groups is 1. The van der Waals surface area contributed by atoms with Gasteiger partial charge in [0.2, 0.25) is 0 Å². The van der Waals surface area contributed by atoms with Crippen LogP contribution in [-0.2, 0) is 4.79 Å². The summed E-state index contributed by atoms with van der Waals surface area (Å²) in [6.45, 7) is 5.58. The quantitative estimate of drug-likeness (QED) is 0.713. The van der Waals surface area contributed by atoms with E-state index in [4.69, 9.17) is 0 Å². The van der Waals surface area contributed by atoms with E-state index in [1.807, 2.05) is 12.1 Å². The van der Waals surface area contributed by atoms with Gasteiger partial charge in [-0.3, -0.25) is 19.4 Å². The van der Waals surface area contributed by atoms with Gasteiger partial charge >= 0.3 is 0 Å². The summed E-state index contributed by atoms with van der Waals surface area (Å²) in [5.74, 6) is -0.767. The molecule has 2 fully saturated rings. The fraction of sp³-hybridized carbons (Fsp3) is 0.273. The number of rotatable bonds is 4. The third kappa shape index (κ3) is 4.21. The van der Waals surface area contributed by atoms with Gasteiger partial charge in [-0.15, -0.1) is 0 Å². The zero-order chi connectivity index (χ0) is 20.4. The lowest BCUT2D eigenvalue weighted by molar-refractivity contribution is -0.124. The van der Waals surface area contributed by atoms with Crippen molar-refractivity contribution in [3.8, 4) is 0 Å². The summed E-state index contributed by atoms with van der Waals surface area (Å²) in [5.41, 5.74) is 2.78. The molecule has 2 saturated heterocycles. The predicted octanol–water partition coefficient (Wildman–Crippen LogP) is 3.95. The van der Waals surface area contributed by atoms with E-state index in [1.54, 1.807) is 18.2 Å². The van der Waals surface area contributed by atoms with Gasteiger partial charge in [0.05, 0.1) is 11.6 Å². The van der Waals surface area contributed by atoms with Crippen LogP contribution in [-0.4, -0.2) is 53.8 Å². The van der Waals surface area contributed by atoms with Crippen LogP contribution < -0.4 is 4.90 Å². The molecule has 2 aromatic rings. The molecule has 0 bridgehead atoms. The standard InChI is InChI=1S/C22H22FN3O2S/c1-16-6-2-5-9-19(16)25-12-10-24(11-13-25)15-26-21(27)20(29-22(26)28)14-17-7-3-4-8-18(17)23/h2-9,14H,10-13,15H2,1H3. The molecule has 2 aliphatic heterocycles. The molecule has 5 nitrogen and oxygen atoms in total. The molecule has 0 saturated carbocycles. The molecule has 2 amide bonds. The monoisotopic (exact) mass is 411 g/mol. The number of aryl methyl sites for hydroxylation is 1. The maximum absolute atomic E-state index is 13.9. The number of carbonyl (C=O) groups is 2. The average molecular weight is 412 g/mol. The molecule has 0 N–H and O–H groups in total. The summed E-state index contributed by atoms with van der Waals surface area (Å²) in [5, 5.41) is -0.307. The Balaban J connectivity index is 1.39. The Morgan fingerprint density at radius 2 is 1.69 bits per heavy atom. The second-order valence-electron chi connectivity index (χ2n) is 7.16. The average Bonchev–Trinajstić information content (AvgIpc) is 2.98. The number of hydrogen-bond donors (Lipinski definition) is 0. The first-order chi connectivity index (χ1) is 14.0. The van der Waals surface area contributed by atoms with Crippen molar-refractivity contribution in [2.75, 3.05) is 37.7 Å². The Morgan fingerprint density at radius 3 is 2.41 bits per heavy atom. The molecule has 0 radical (unpaired) electrons. The number of hydrogen-bond acceptors (Lipinski definition) is 5. The topological polar surface area (TPSA) is 43.9 Å². The van der Waals surface area contributed by atoms with Crippen molar-refractivity contribution in [3.63, 3.8) is 0 Å². The summed E-state index contributed by atoms with van der Waals surface area (Å²) >= 11 is 0.868. The van der Waals surface area contributed by atoms with Crippen LogP contribution in [0.1, 0.15) is 11.1 Å². The van der Waals surface area contributed by atoms with Crippen molar-refractivity contribution in [2.24, 2.45) is 0 Å². The Morgan fingerprint density at radius 1 is 1.00 bits per heavy atom. The first-order valence-electron chi connectivity index (χ1n) is 9.56. The molecule has 0 aliphatic carbocycles. The third-order valence-electron chi connectivity index (χ3n) is 5.24. The summed E-state index contributed by atoms with van der Waals surface area (Å²) in [6, 6.07) is 14.5. The van der Waals surface area contributed by atoms with E-state index in [0.29, 0.717) is 5.56 Å². The highest BCUT2D eigenvalue weighted by molar-refractivity contribution is 8.18. The summed E-state index contributed by atoms with van der Waals surface area (Å²) in [6.07, 6.45) is 1.45. The Labute approximate surface area is 173 Å². The van der Waals surface area contributed by atoms with E-state index in [0.717, 1.165) is 37.9 Å². The molecule has 2 aromatic carbocycles. The van der Waals surface area contributed by atoms with Crippen molar-refractivity contribution < 1.29 is 14.0 Å².